The van der Waals surface area contributed by atoms with Crippen LogP contribution in [0.15, 0.2) is 58.4 Å². The van der Waals surface area contributed by atoms with Gasteiger partial charge in [-0.1, -0.05) is 30.2 Å². The lowest BCUT2D eigenvalue weighted by molar-refractivity contribution is 0.370. The molecule has 0 bridgehead atoms. The van der Waals surface area contributed by atoms with Crippen molar-refractivity contribution in [2.75, 3.05) is 33.0 Å². The molecule has 2 aromatic rings. The first-order valence-corrected chi connectivity index (χ1v) is 11.2. The Labute approximate surface area is 173 Å². The number of hydrogen-bond donors (Lipinski definition) is 2. The Balaban J connectivity index is 1.72. The number of nitrogens with zero attached hydrogens (tertiary/aromatic N) is 1. The van der Waals surface area contributed by atoms with E-state index in [9.17, 15) is 8.42 Å². The highest BCUT2D eigenvalue weighted by molar-refractivity contribution is 7.90. The molecule has 0 spiro atoms. The molecule has 0 aliphatic heterocycles. The summed E-state index contributed by atoms with van der Waals surface area (Å²) in [7, 11) is -1.43. The molecule has 0 radical (unpaired) electrons. The Morgan fingerprint density at radius 1 is 1.00 bits per heavy atom. The van der Waals surface area contributed by atoms with Crippen LogP contribution in [-0.4, -0.2) is 47.4 Å². The van der Waals surface area contributed by atoms with Gasteiger partial charge in [0.15, 0.2) is 15.8 Å². The van der Waals surface area contributed by atoms with Crippen LogP contribution in [0.2, 0.25) is 0 Å². The maximum atomic E-state index is 11.5. The van der Waals surface area contributed by atoms with Crippen LogP contribution in [0.25, 0.3) is 0 Å². The molecule has 0 aliphatic rings. The number of rotatable bonds is 9. The van der Waals surface area contributed by atoms with E-state index in [2.05, 4.69) is 21.5 Å². The van der Waals surface area contributed by atoms with Gasteiger partial charge >= 0.3 is 0 Å². The largest absolute Gasteiger partial charge is 0.481 e. The molecule has 0 aliphatic carbocycles. The van der Waals surface area contributed by atoms with E-state index in [0.29, 0.717) is 11.4 Å². The zero-order valence-corrected chi connectivity index (χ0v) is 17.6. The summed E-state index contributed by atoms with van der Waals surface area (Å²) >= 11 is 0. The van der Waals surface area contributed by atoms with Crippen LogP contribution in [0.1, 0.15) is 11.1 Å². The molecule has 0 atom stereocenters. The van der Waals surface area contributed by atoms with Gasteiger partial charge in [0, 0.05) is 26.4 Å². The third-order valence-corrected chi connectivity index (χ3v) is 5.36. The lowest BCUT2D eigenvalue weighted by Crippen LogP contribution is -2.39. The normalized spacial score (nSPS) is 11.6. The second-order valence-electron chi connectivity index (χ2n) is 6.48. The van der Waals surface area contributed by atoms with Crippen molar-refractivity contribution in [2.45, 2.75) is 17.7 Å². The number of ether oxygens (including phenoxy) is 1. The van der Waals surface area contributed by atoms with Crippen molar-refractivity contribution in [1.82, 2.24) is 10.6 Å². The van der Waals surface area contributed by atoms with Gasteiger partial charge in [-0.15, -0.1) is 6.42 Å². The van der Waals surface area contributed by atoms with E-state index in [1.165, 1.54) is 11.8 Å². The molecule has 2 aromatic carbocycles. The standard InChI is InChI=1S/C22H27N3O3S/c1-4-17-28-20-9-5-18(6-10-20)13-15-24-22(23-2)25-16-14-19-7-11-21(12-8-19)29(3,26)27/h1,5-12H,13-17H2,2-3H3,(H2,23,24,25). The summed E-state index contributed by atoms with van der Waals surface area (Å²) in [5, 5.41) is 6.55. The van der Waals surface area contributed by atoms with Crippen molar-refractivity contribution in [3.63, 3.8) is 0 Å². The van der Waals surface area contributed by atoms with Crippen LogP contribution in [0.3, 0.4) is 0 Å². The fourth-order valence-electron chi connectivity index (χ4n) is 2.65. The van der Waals surface area contributed by atoms with Crippen LogP contribution in [-0.2, 0) is 22.7 Å². The Morgan fingerprint density at radius 3 is 1.97 bits per heavy atom. The predicted octanol–water partition coefficient (Wildman–Crippen LogP) is 2.05. The van der Waals surface area contributed by atoms with Crippen molar-refractivity contribution >= 4 is 15.8 Å². The number of guanidine groups is 1. The molecule has 0 fully saturated rings. The zero-order chi connectivity index (χ0) is 21.1. The van der Waals surface area contributed by atoms with E-state index in [1.54, 1.807) is 19.2 Å². The summed E-state index contributed by atoms with van der Waals surface area (Å²) in [4.78, 5) is 4.56. The van der Waals surface area contributed by atoms with Gasteiger partial charge in [-0.25, -0.2) is 8.42 Å². The number of terminal acetylenes is 1. The fourth-order valence-corrected chi connectivity index (χ4v) is 3.28. The number of nitrogens with one attached hydrogen (secondary N) is 2. The molecule has 29 heavy (non-hydrogen) atoms. The van der Waals surface area contributed by atoms with Crippen molar-refractivity contribution in [2.24, 2.45) is 4.99 Å². The number of benzene rings is 2. The average molecular weight is 414 g/mol. The van der Waals surface area contributed by atoms with E-state index in [0.717, 1.165) is 36.7 Å². The van der Waals surface area contributed by atoms with Gasteiger partial charge in [0.05, 0.1) is 4.90 Å². The molecule has 0 amide bonds. The molecule has 0 heterocycles. The van der Waals surface area contributed by atoms with Crippen LogP contribution >= 0.6 is 0 Å². The second-order valence-corrected chi connectivity index (χ2v) is 8.49. The minimum atomic E-state index is -3.16. The van der Waals surface area contributed by atoms with E-state index < -0.39 is 9.84 Å². The Morgan fingerprint density at radius 2 is 1.52 bits per heavy atom. The first-order valence-electron chi connectivity index (χ1n) is 9.31. The summed E-state index contributed by atoms with van der Waals surface area (Å²) < 4.78 is 28.4. The van der Waals surface area contributed by atoms with Gasteiger partial charge in [0.2, 0.25) is 0 Å². The molecule has 2 rings (SSSR count). The first-order chi connectivity index (χ1) is 13.9. The number of aliphatic imine (C=N–C) groups is 1. The molecule has 154 valence electrons. The smallest absolute Gasteiger partial charge is 0.190 e. The predicted molar refractivity (Wildman–Crippen MR) is 117 cm³/mol. The van der Waals surface area contributed by atoms with Crippen LogP contribution in [0.4, 0.5) is 0 Å². The van der Waals surface area contributed by atoms with Gasteiger partial charge in [-0.3, -0.25) is 4.99 Å². The molecule has 0 saturated carbocycles. The van der Waals surface area contributed by atoms with E-state index >= 15 is 0 Å². The lowest BCUT2D eigenvalue weighted by atomic mass is 10.1. The maximum Gasteiger partial charge on any atom is 0.190 e. The molecule has 0 unspecified atom stereocenters. The minimum Gasteiger partial charge on any atom is -0.481 e. The van der Waals surface area contributed by atoms with Crippen molar-refractivity contribution in [1.29, 1.82) is 0 Å². The number of sulfone groups is 1. The highest BCUT2D eigenvalue weighted by Gasteiger charge is 2.06. The summed E-state index contributed by atoms with van der Waals surface area (Å²) in [5.74, 6) is 3.94. The molecule has 0 aromatic heterocycles. The van der Waals surface area contributed by atoms with Crippen molar-refractivity contribution in [3.8, 4) is 18.1 Å². The Bertz CT molecular complexity index is 944. The number of hydrogen-bond acceptors (Lipinski definition) is 4. The van der Waals surface area contributed by atoms with Gasteiger partial charge in [-0.05, 0) is 48.2 Å². The van der Waals surface area contributed by atoms with E-state index in [-0.39, 0.29) is 6.61 Å². The molecular formula is C22H27N3O3S. The third kappa shape index (κ3) is 7.88. The monoisotopic (exact) mass is 413 g/mol. The molecule has 2 N–H and O–H groups in total. The minimum absolute atomic E-state index is 0.269. The highest BCUT2D eigenvalue weighted by atomic mass is 32.2. The third-order valence-electron chi connectivity index (χ3n) is 4.23. The van der Waals surface area contributed by atoms with Crippen LogP contribution in [0.5, 0.6) is 5.75 Å². The van der Waals surface area contributed by atoms with Crippen LogP contribution < -0.4 is 15.4 Å². The van der Waals surface area contributed by atoms with E-state index in [4.69, 9.17) is 11.2 Å². The van der Waals surface area contributed by atoms with Gasteiger partial charge in [0.25, 0.3) is 0 Å². The molecule has 0 saturated heterocycles. The maximum absolute atomic E-state index is 11.5. The quantitative estimate of drug-likeness (QED) is 0.374. The lowest BCUT2D eigenvalue weighted by Gasteiger charge is -2.12. The summed E-state index contributed by atoms with van der Waals surface area (Å²) in [6.07, 6.45) is 8.01. The molecule has 6 nitrogen and oxygen atoms in total. The molecule has 7 heteroatoms. The Kier molecular flexibility index (Phi) is 8.56. The van der Waals surface area contributed by atoms with Crippen LogP contribution in [0, 0.1) is 12.3 Å². The van der Waals surface area contributed by atoms with Gasteiger partial charge < -0.3 is 15.4 Å². The fraction of sp³-hybridized carbons (Fsp3) is 0.318. The van der Waals surface area contributed by atoms with Crippen molar-refractivity contribution < 1.29 is 13.2 Å². The second kappa shape index (κ2) is 11.1. The van der Waals surface area contributed by atoms with Gasteiger partial charge in [0.1, 0.15) is 12.4 Å². The zero-order valence-electron chi connectivity index (χ0n) is 16.8. The molecular weight excluding hydrogens is 386 g/mol. The SMILES string of the molecule is C#CCOc1ccc(CCNC(=NC)NCCc2ccc(S(C)(=O)=O)cc2)cc1. The first kappa shape index (κ1) is 22.3. The van der Waals surface area contributed by atoms with Crippen molar-refractivity contribution in [3.05, 3.63) is 59.7 Å². The summed E-state index contributed by atoms with van der Waals surface area (Å²) in [6.45, 7) is 1.71. The average Bonchev–Trinajstić information content (AvgIpc) is 2.71. The summed E-state index contributed by atoms with van der Waals surface area (Å²) in [5.41, 5.74) is 2.25. The summed E-state index contributed by atoms with van der Waals surface area (Å²) in [6, 6.07) is 14.8. The van der Waals surface area contributed by atoms with E-state index in [1.807, 2.05) is 36.4 Å². The Hall–Kier alpha value is -2.98. The highest BCUT2D eigenvalue weighted by Crippen LogP contribution is 2.12. The topological polar surface area (TPSA) is 79.8 Å². The van der Waals surface area contributed by atoms with Gasteiger partial charge in [-0.2, -0.15) is 0 Å².